The van der Waals surface area contributed by atoms with Gasteiger partial charge < -0.3 is 10.2 Å². The van der Waals surface area contributed by atoms with Crippen molar-refractivity contribution in [3.63, 3.8) is 0 Å². The molecule has 0 rings (SSSR count). The van der Waals surface area contributed by atoms with Crippen molar-refractivity contribution in [3.8, 4) is 0 Å². The minimum Gasteiger partial charge on any atom is -0.387 e. The second-order valence-electron chi connectivity index (χ2n) is 5.10. The average Bonchev–Trinajstić information content (AvgIpc) is 2.26. The Morgan fingerprint density at radius 3 is 2.00 bits per heavy atom. The highest BCUT2D eigenvalue weighted by atomic mass is 19.1. The zero-order valence-electron chi connectivity index (χ0n) is 12.3. The first-order valence-corrected chi connectivity index (χ1v) is 5.79. The van der Waals surface area contributed by atoms with E-state index in [2.05, 4.69) is 6.58 Å². The van der Waals surface area contributed by atoms with E-state index in [9.17, 15) is 14.5 Å². The molecule has 0 aromatic rings. The van der Waals surface area contributed by atoms with Gasteiger partial charge in [0.25, 0.3) is 5.70 Å². The van der Waals surface area contributed by atoms with Gasteiger partial charge in [0.05, 0.1) is 16.1 Å². The molecule has 0 aliphatic rings. The third-order valence-corrected chi connectivity index (χ3v) is 2.48. The Kier molecular flexibility index (Phi) is 9.02. The Balaban J connectivity index is 0. The molecule has 2 radical (unpaired) electrons. The molecule has 0 fully saturated rings. The van der Waals surface area contributed by atoms with Crippen molar-refractivity contribution in [2.45, 2.75) is 38.9 Å². The second kappa shape index (κ2) is 8.66. The molecule has 0 atom stereocenters. The van der Waals surface area contributed by atoms with Gasteiger partial charge in [-0.05, 0) is 34.3 Å². The Bertz CT molecular complexity index is 380. The Labute approximate surface area is 120 Å². The number of rotatable bonds is 5. The van der Waals surface area contributed by atoms with Crippen LogP contribution in [0.1, 0.15) is 27.7 Å². The van der Waals surface area contributed by atoms with E-state index >= 15 is 0 Å². The van der Waals surface area contributed by atoms with Gasteiger partial charge in [0.1, 0.15) is 14.5 Å². The first kappa shape index (κ1) is 20.8. The van der Waals surface area contributed by atoms with Crippen LogP contribution in [-0.4, -0.2) is 40.9 Å². The molecular weight excluding hydrogens is 264 g/mol. The molecule has 7 heteroatoms. The lowest BCUT2D eigenvalue weighted by Crippen LogP contribution is -2.44. The maximum atomic E-state index is 11.7. The standard InChI is InChI=1S/C7H7BFNO2.C6H14O2/c1-6(10(11)12)3-2-4-7(8)5-9;1-5(2,7)6(3,4)8/h2-4H,1,5H2;7-8H,1-4H3/b3-2-,7-4+;. The van der Waals surface area contributed by atoms with E-state index in [1.807, 2.05) is 0 Å². The smallest absolute Gasteiger partial charge is 0.262 e. The summed E-state index contributed by atoms with van der Waals surface area (Å²) in [6, 6.07) is 0. The van der Waals surface area contributed by atoms with Crippen LogP contribution in [0.15, 0.2) is 36.0 Å². The van der Waals surface area contributed by atoms with Gasteiger partial charge in [-0.1, -0.05) is 17.6 Å². The summed E-state index contributed by atoms with van der Waals surface area (Å²) in [5, 5.41) is 28.2. The number of hydrogen-bond donors (Lipinski definition) is 2. The molecule has 0 spiro atoms. The molecule has 0 aromatic carbocycles. The summed E-state index contributed by atoms with van der Waals surface area (Å²) >= 11 is 0. The molecule has 0 saturated heterocycles. The molecule has 0 bridgehead atoms. The molecule has 0 aliphatic heterocycles. The highest BCUT2D eigenvalue weighted by molar-refractivity contribution is 6.21. The van der Waals surface area contributed by atoms with Crippen molar-refractivity contribution in [2.75, 3.05) is 6.67 Å². The predicted octanol–water partition coefficient (Wildman–Crippen LogP) is 1.88. The lowest BCUT2D eigenvalue weighted by molar-refractivity contribution is -0.418. The summed E-state index contributed by atoms with van der Waals surface area (Å²) < 4.78 is 11.7. The van der Waals surface area contributed by atoms with Crippen LogP contribution in [0.5, 0.6) is 0 Å². The van der Waals surface area contributed by atoms with E-state index in [0.717, 1.165) is 6.08 Å². The molecule has 0 aromatic heterocycles. The van der Waals surface area contributed by atoms with Crippen LogP contribution in [0.2, 0.25) is 0 Å². The van der Waals surface area contributed by atoms with Gasteiger partial charge in [0, 0.05) is 6.08 Å². The zero-order valence-corrected chi connectivity index (χ0v) is 12.3. The van der Waals surface area contributed by atoms with Crippen LogP contribution in [0.3, 0.4) is 0 Å². The molecule has 0 heterocycles. The topological polar surface area (TPSA) is 83.6 Å². The first-order valence-electron chi connectivity index (χ1n) is 5.79. The lowest BCUT2D eigenvalue weighted by atomic mass is 9.90. The van der Waals surface area contributed by atoms with Crippen LogP contribution >= 0.6 is 0 Å². The molecule has 0 aliphatic carbocycles. The van der Waals surface area contributed by atoms with Gasteiger partial charge in [0.15, 0.2) is 0 Å². The van der Waals surface area contributed by atoms with Crippen LogP contribution in [-0.2, 0) is 0 Å². The third-order valence-electron chi connectivity index (χ3n) is 2.48. The lowest BCUT2D eigenvalue weighted by Gasteiger charge is -2.31. The molecule has 0 amide bonds. The van der Waals surface area contributed by atoms with E-state index in [-0.39, 0.29) is 11.2 Å². The fourth-order valence-corrected chi connectivity index (χ4v) is 0.388. The molecule has 0 saturated carbocycles. The number of hydrogen-bond acceptors (Lipinski definition) is 4. The number of halogens is 1. The molecule has 2 N–H and O–H groups in total. The molecule has 0 unspecified atom stereocenters. The predicted molar refractivity (Wildman–Crippen MR) is 77.7 cm³/mol. The summed E-state index contributed by atoms with van der Waals surface area (Å²) in [4.78, 5) is 9.33. The SMILES string of the molecule is CC(C)(O)C(C)(C)O.[B]/C(=C/C=C\C(=C)[N+](=O)[O-])CF. The fraction of sp³-hybridized carbons (Fsp3) is 0.538. The second-order valence-corrected chi connectivity index (χ2v) is 5.10. The van der Waals surface area contributed by atoms with Crippen LogP contribution < -0.4 is 0 Å². The van der Waals surface area contributed by atoms with Crippen LogP contribution in [0, 0.1) is 10.1 Å². The average molecular weight is 285 g/mol. The van der Waals surface area contributed by atoms with Crippen molar-refractivity contribution in [1.29, 1.82) is 0 Å². The number of nitrogens with zero attached hydrogens (tertiary/aromatic N) is 1. The monoisotopic (exact) mass is 285 g/mol. The van der Waals surface area contributed by atoms with Gasteiger partial charge in [-0.3, -0.25) is 10.1 Å². The third kappa shape index (κ3) is 10.5. The Morgan fingerprint density at radius 2 is 1.75 bits per heavy atom. The fourth-order valence-electron chi connectivity index (χ4n) is 0.388. The first-order chi connectivity index (χ1) is 8.82. The number of allylic oxidation sites excluding steroid dienone is 4. The van der Waals surface area contributed by atoms with Gasteiger partial charge in [-0.2, -0.15) is 0 Å². The Morgan fingerprint density at radius 1 is 1.35 bits per heavy atom. The quantitative estimate of drug-likeness (QED) is 0.349. The van der Waals surface area contributed by atoms with Crippen molar-refractivity contribution in [3.05, 3.63) is 46.1 Å². The van der Waals surface area contributed by atoms with Gasteiger partial charge in [0.2, 0.25) is 0 Å². The van der Waals surface area contributed by atoms with Crippen LogP contribution in [0.25, 0.3) is 0 Å². The summed E-state index contributed by atoms with van der Waals surface area (Å²) in [7, 11) is 5.07. The van der Waals surface area contributed by atoms with Gasteiger partial charge in [-0.25, -0.2) is 4.39 Å². The molecule has 112 valence electrons. The van der Waals surface area contributed by atoms with Crippen molar-refractivity contribution < 1.29 is 19.5 Å². The van der Waals surface area contributed by atoms with Gasteiger partial charge >= 0.3 is 0 Å². The van der Waals surface area contributed by atoms with E-state index in [0.29, 0.717) is 0 Å². The van der Waals surface area contributed by atoms with Crippen molar-refractivity contribution >= 4 is 7.85 Å². The highest BCUT2D eigenvalue weighted by Gasteiger charge is 2.31. The number of aliphatic hydroxyl groups is 2. The summed E-state index contributed by atoms with van der Waals surface area (Å²) in [6.07, 6.45) is 3.66. The van der Waals surface area contributed by atoms with Crippen molar-refractivity contribution in [1.82, 2.24) is 0 Å². The molecule has 5 nitrogen and oxygen atoms in total. The van der Waals surface area contributed by atoms with E-state index in [1.165, 1.54) is 12.2 Å². The zero-order chi connectivity index (χ0) is 16.6. The van der Waals surface area contributed by atoms with E-state index < -0.39 is 22.8 Å². The largest absolute Gasteiger partial charge is 0.387 e. The maximum Gasteiger partial charge on any atom is 0.262 e. The maximum absolute atomic E-state index is 11.7. The van der Waals surface area contributed by atoms with Gasteiger partial charge in [-0.15, -0.1) is 0 Å². The highest BCUT2D eigenvalue weighted by Crippen LogP contribution is 2.19. The minimum atomic E-state index is -1.01. The van der Waals surface area contributed by atoms with E-state index in [1.54, 1.807) is 27.7 Å². The van der Waals surface area contributed by atoms with E-state index in [4.69, 9.17) is 18.1 Å². The van der Waals surface area contributed by atoms with Crippen LogP contribution in [0.4, 0.5) is 4.39 Å². The number of nitro groups is 1. The summed E-state index contributed by atoms with van der Waals surface area (Å²) in [5.41, 5.74) is -2.26. The summed E-state index contributed by atoms with van der Waals surface area (Å²) in [5.74, 6) is 0. The van der Waals surface area contributed by atoms with Crippen molar-refractivity contribution in [2.24, 2.45) is 0 Å². The number of alkyl halides is 1. The minimum absolute atomic E-state index is 0.0161. The Hall–Kier alpha value is -1.47. The molecular formula is C13H21BFNO4. The summed E-state index contributed by atoms with van der Waals surface area (Å²) in [6.45, 7) is 8.66. The normalized spacial score (nSPS) is 12.8. The molecule has 20 heavy (non-hydrogen) atoms.